The number of anilines is 4. The first kappa shape index (κ1) is 24.4. The highest BCUT2D eigenvalue weighted by Gasteiger charge is 2.50. The lowest BCUT2D eigenvalue weighted by Gasteiger charge is -2.43. The summed E-state index contributed by atoms with van der Waals surface area (Å²) in [6.45, 7) is 2.51. The molecule has 6 rings (SSSR count). The van der Waals surface area contributed by atoms with Crippen LogP contribution in [-0.2, 0) is 17.6 Å². The Balaban J connectivity index is 1.20. The number of para-hydroxylation sites is 1. The molecule has 1 aliphatic carbocycles. The molecule has 2 aromatic carbocycles. The second-order valence-electron chi connectivity index (χ2n) is 10.3. The van der Waals surface area contributed by atoms with E-state index >= 15 is 0 Å². The SMILES string of the molecule is O=C1NCN(c2ccccc2)C12CCN(c1nc(NCCCO)nc(NC3Cc4ccccc4C3)n1)CC2. The zero-order valence-corrected chi connectivity index (χ0v) is 21.4. The van der Waals surface area contributed by atoms with Crippen LogP contribution in [0, 0.1) is 0 Å². The summed E-state index contributed by atoms with van der Waals surface area (Å²) in [6, 6.07) is 18.9. The van der Waals surface area contributed by atoms with Gasteiger partial charge >= 0.3 is 0 Å². The molecule has 198 valence electrons. The first-order chi connectivity index (χ1) is 18.6. The Morgan fingerprint density at radius 2 is 1.63 bits per heavy atom. The number of aromatic nitrogens is 3. The highest BCUT2D eigenvalue weighted by atomic mass is 16.3. The van der Waals surface area contributed by atoms with Crippen molar-refractivity contribution in [2.45, 2.75) is 43.7 Å². The van der Waals surface area contributed by atoms with Crippen LogP contribution in [0.1, 0.15) is 30.4 Å². The first-order valence-electron chi connectivity index (χ1n) is 13.4. The third kappa shape index (κ3) is 4.71. The van der Waals surface area contributed by atoms with Gasteiger partial charge < -0.3 is 30.9 Å². The second kappa shape index (κ2) is 10.4. The Bertz CT molecular complexity index is 1250. The highest BCUT2D eigenvalue weighted by Crippen LogP contribution is 2.37. The Morgan fingerprint density at radius 3 is 2.34 bits per heavy atom. The summed E-state index contributed by atoms with van der Waals surface area (Å²) >= 11 is 0. The zero-order chi connectivity index (χ0) is 26.0. The summed E-state index contributed by atoms with van der Waals surface area (Å²) < 4.78 is 0. The number of hydrogen-bond donors (Lipinski definition) is 4. The number of carbonyl (C=O) groups is 1. The fraction of sp³-hybridized carbons (Fsp3) is 0.429. The summed E-state index contributed by atoms with van der Waals surface area (Å²) in [5.41, 5.74) is 3.21. The van der Waals surface area contributed by atoms with E-state index in [1.54, 1.807) is 0 Å². The molecular weight excluding hydrogens is 480 g/mol. The smallest absolute Gasteiger partial charge is 0.247 e. The Hall–Kier alpha value is -3.92. The van der Waals surface area contributed by atoms with Crippen molar-refractivity contribution in [3.63, 3.8) is 0 Å². The standard InChI is InChI=1S/C28H34N8O2/c37-16-6-13-29-25-32-26(31-22-17-20-7-4-5-8-21(20)18-22)34-27(33-25)35-14-11-28(12-15-35)24(38)30-19-36(28)23-9-2-1-3-10-23/h1-5,7-10,22,37H,6,11-19H2,(H,30,38)(H2,29,31,32,33,34). The molecule has 0 bridgehead atoms. The maximum absolute atomic E-state index is 13.1. The molecule has 3 aliphatic rings. The number of aliphatic hydroxyl groups is 1. The number of amides is 1. The number of carbonyl (C=O) groups excluding carboxylic acids is 1. The van der Waals surface area contributed by atoms with Crippen LogP contribution in [0.3, 0.4) is 0 Å². The molecule has 0 unspecified atom stereocenters. The van der Waals surface area contributed by atoms with Crippen LogP contribution in [0.4, 0.5) is 23.5 Å². The van der Waals surface area contributed by atoms with Crippen LogP contribution in [0.5, 0.6) is 0 Å². The minimum absolute atomic E-state index is 0.0890. The zero-order valence-electron chi connectivity index (χ0n) is 21.4. The van der Waals surface area contributed by atoms with Crippen LogP contribution in [0.2, 0.25) is 0 Å². The van der Waals surface area contributed by atoms with Crippen LogP contribution in [0.25, 0.3) is 0 Å². The third-order valence-corrected chi connectivity index (χ3v) is 7.90. The normalized spacial score (nSPS) is 18.5. The number of nitrogens with one attached hydrogen (secondary N) is 3. The number of aliphatic hydroxyl groups excluding tert-OH is 1. The van der Waals surface area contributed by atoms with Crippen LogP contribution in [-0.4, -0.2) is 70.5 Å². The van der Waals surface area contributed by atoms with Crippen LogP contribution < -0.4 is 25.8 Å². The molecule has 38 heavy (non-hydrogen) atoms. The molecular formula is C28H34N8O2. The molecule has 1 amide bonds. The average Bonchev–Trinajstić information content (AvgIpc) is 3.50. The average molecular weight is 515 g/mol. The van der Waals surface area contributed by atoms with Gasteiger partial charge in [0.05, 0.1) is 6.67 Å². The van der Waals surface area contributed by atoms with Gasteiger partial charge in [0, 0.05) is 38.0 Å². The Kier molecular flexibility index (Phi) is 6.71. The van der Waals surface area contributed by atoms with Gasteiger partial charge in [-0.05, 0) is 55.4 Å². The lowest BCUT2D eigenvalue weighted by molar-refractivity contribution is -0.124. The molecule has 10 heteroatoms. The van der Waals surface area contributed by atoms with Gasteiger partial charge in [-0.25, -0.2) is 0 Å². The van der Waals surface area contributed by atoms with Gasteiger partial charge in [0.1, 0.15) is 5.54 Å². The molecule has 2 fully saturated rings. The van der Waals surface area contributed by atoms with E-state index < -0.39 is 5.54 Å². The number of nitrogens with zero attached hydrogens (tertiary/aromatic N) is 5. The summed E-state index contributed by atoms with van der Waals surface area (Å²) in [6.07, 6.45) is 3.82. The summed E-state index contributed by atoms with van der Waals surface area (Å²) in [5.74, 6) is 1.73. The second-order valence-corrected chi connectivity index (χ2v) is 10.3. The Labute approximate surface area is 222 Å². The van der Waals surface area contributed by atoms with E-state index in [0.29, 0.717) is 63.4 Å². The summed E-state index contributed by atoms with van der Waals surface area (Å²) in [7, 11) is 0. The molecule has 3 heterocycles. The molecule has 10 nitrogen and oxygen atoms in total. The van der Waals surface area contributed by atoms with E-state index in [-0.39, 0.29) is 18.6 Å². The summed E-state index contributed by atoms with van der Waals surface area (Å²) in [5, 5.41) is 19.0. The van der Waals surface area contributed by atoms with Crippen molar-refractivity contribution in [2.75, 3.05) is 53.3 Å². The van der Waals surface area contributed by atoms with Gasteiger partial charge in [0.25, 0.3) is 0 Å². The van der Waals surface area contributed by atoms with Gasteiger partial charge in [0.2, 0.25) is 23.8 Å². The van der Waals surface area contributed by atoms with E-state index in [9.17, 15) is 9.90 Å². The number of fused-ring (bicyclic) bond motifs is 1. The van der Waals surface area contributed by atoms with Gasteiger partial charge in [-0.15, -0.1) is 0 Å². The lowest BCUT2D eigenvalue weighted by Crippen LogP contribution is -2.56. The topological polar surface area (TPSA) is 119 Å². The van der Waals surface area contributed by atoms with Crippen molar-refractivity contribution < 1.29 is 9.90 Å². The summed E-state index contributed by atoms with van der Waals surface area (Å²) in [4.78, 5) is 31.6. The number of rotatable bonds is 8. The van der Waals surface area contributed by atoms with Crippen molar-refractivity contribution in [3.8, 4) is 0 Å². The van der Waals surface area contributed by atoms with Crippen molar-refractivity contribution >= 4 is 29.4 Å². The molecule has 2 aliphatic heterocycles. The van der Waals surface area contributed by atoms with Gasteiger partial charge in [-0.2, -0.15) is 15.0 Å². The minimum atomic E-state index is -0.566. The monoisotopic (exact) mass is 514 g/mol. The molecule has 1 aromatic heterocycles. The van der Waals surface area contributed by atoms with Crippen molar-refractivity contribution in [1.82, 2.24) is 20.3 Å². The number of piperidine rings is 1. The van der Waals surface area contributed by atoms with Crippen molar-refractivity contribution in [2.24, 2.45) is 0 Å². The fourth-order valence-electron chi connectivity index (χ4n) is 5.88. The molecule has 1 spiro atoms. The molecule has 0 radical (unpaired) electrons. The van der Waals surface area contributed by atoms with E-state index in [4.69, 9.17) is 9.97 Å². The van der Waals surface area contributed by atoms with Gasteiger partial charge in [-0.3, -0.25) is 4.79 Å². The van der Waals surface area contributed by atoms with Gasteiger partial charge in [-0.1, -0.05) is 42.5 Å². The number of hydrogen-bond acceptors (Lipinski definition) is 9. The molecule has 0 atom stereocenters. The van der Waals surface area contributed by atoms with E-state index in [2.05, 4.69) is 67.1 Å². The third-order valence-electron chi connectivity index (χ3n) is 7.90. The van der Waals surface area contributed by atoms with Crippen molar-refractivity contribution in [1.29, 1.82) is 0 Å². The van der Waals surface area contributed by atoms with E-state index in [0.717, 1.165) is 18.5 Å². The Morgan fingerprint density at radius 1 is 0.947 bits per heavy atom. The first-order valence-corrected chi connectivity index (χ1v) is 13.4. The largest absolute Gasteiger partial charge is 0.396 e. The fourth-order valence-corrected chi connectivity index (χ4v) is 5.88. The maximum atomic E-state index is 13.1. The minimum Gasteiger partial charge on any atom is -0.396 e. The molecule has 4 N–H and O–H groups in total. The molecule has 3 aromatic rings. The molecule has 0 saturated carbocycles. The van der Waals surface area contributed by atoms with Crippen LogP contribution in [0.15, 0.2) is 54.6 Å². The molecule has 2 saturated heterocycles. The van der Waals surface area contributed by atoms with E-state index in [1.807, 2.05) is 18.2 Å². The maximum Gasteiger partial charge on any atom is 0.247 e. The predicted octanol–water partition coefficient (Wildman–Crippen LogP) is 2.18. The predicted molar refractivity (Wildman–Crippen MR) is 147 cm³/mol. The van der Waals surface area contributed by atoms with E-state index in [1.165, 1.54) is 11.1 Å². The van der Waals surface area contributed by atoms with Crippen LogP contribution >= 0.6 is 0 Å². The van der Waals surface area contributed by atoms with Gasteiger partial charge in [0.15, 0.2) is 0 Å². The quantitative estimate of drug-likeness (QED) is 0.336. The van der Waals surface area contributed by atoms with Crippen molar-refractivity contribution in [3.05, 3.63) is 65.7 Å². The lowest BCUT2D eigenvalue weighted by atomic mass is 9.86. The highest BCUT2D eigenvalue weighted by molar-refractivity contribution is 5.93. The number of benzene rings is 2.